The van der Waals surface area contributed by atoms with Crippen molar-refractivity contribution < 1.29 is 14.3 Å². The highest BCUT2D eigenvalue weighted by Gasteiger charge is 2.08. The lowest BCUT2D eigenvalue weighted by Gasteiger charge is -2.09. The number of benzene rings is 2. The van der Waals surface area contributed by atoms with Crippen LogP contribution in [0.2, 0.25) is 0 Å². The van der Waals surface area contributed by atoms with Gasteiger partial charge >= 0.3 is 5.97 Å². The Bertz CT molecular complexity index is 782. The van der Waals surface area contributed by atoms with Crippen molar-refractivity contribution >= 4 is 57.5 Å². The monoisotopic (exact) mass is 510 g/mol. The largest absolute Gasteiger partial charge is 0.466 e. The van der Waals surface area contributed by atoms with Crippen molar-refractivity contribution in [3.05, 3.63) is 63.7 Å². The van der Waals surface area contributed by atoms with E-state index < -0.39 is 0 Å². The van der Waals surface area contributed by atoms with Crippen molar-refractivity contribution in [2.45, 2.75) is 32.1 Å². The molecular weight excluding hydrogens is 487 g/mol. The van der Waals surface area contributed by atoms with Crippen LogP contribution in [0.15, 0.2) is 54.6 Å². The van der Waals surface area contributed by atoms with E-state index in [1.165, 1.54) is 5.56 Å². The third-order valence-corrected chi connectivity index (χ3v) is 4.78. The highest BCUT2D eigenvalue weighted by molar-refractivity contribution is 14.1. The average molecular weight is 510 g/mol. The van der Waals surface area contributed by atoms with Gasteiger partial charge in [-0.3, -0.25) is 9.59 Å². The number of anilines is 1. The molecule has 0 radical (unpaired) electrons. The van der Waals surface area contributed by atoms with Gasteiger partial charge < -0.3 is 15.4 Å². The van der Waals surface area contributed by atoms with Gasteiger partial charge in [0, 0.05) is 22.1 Å². The lowest BCUT2D eigenvalue weighted by atomic mass is 10.1. The molecule has 0 saturated heterocycles. The molecule has 0 aliphatic carbocycles. The van der Waals surface area contributed by atoms with Crippen LogP contribution in [-0.4, -0.2) is 23.6 Å². The maximum Gasteiger partial charge on any atom is 0.305 e. The molecule has 0 unspecified atom stereocenters. The average Bonchev–Trinajstić information content (AvgIpc) is 2.68. The number of carbonyl (C=O) groups excluding carboxylic acids is 2. The van der Waals surface area contributed by atoms with Crippen LogP contribution in [0.25, 0.3) is 0 Å². The first-order valence-corrected chi connectivity index (χ1v) is 10.6. The molecule has 1 amide bonds. The van der Waals surface area contributed by atoms with E-state index in [0.717, 1.165) is 22.1 Å². The number of thiocarbonyl (C=S) groups is 1. The van der Waals surface area contributed by atoms with Crippen LogP contribution < -0.4 is 10.6 Å². The molecule has 0 aliphatic rings. The number of rotatable bonds is 9. The van der Waals surface area contributed by atoms with Crippen LogP contribution in [0, 0.1) is 3.57 Å². The first-order chi connectivity index (χ1) is 13.5. The summed E-state index contributed by atoms with van der Waals surface area (Å²) in [7, 11) is 0. The summed E-state index contributed by atoms with van der Waals surface area (Å²) in [5.74, 6) is -0.500. The van der Waals surface area contributed by atoms with E-state index in [0.29, 0.717) is 13.0 Å². The fraction of sp³-hybridized carbons (Fsp3) is 0.286. The summed E-state index contributed by atoms with van der Waals surface area (Å²) in [5.41, 5.74) is 2.04. The summed E-state index contributed by atoms with van der Waals surface area (Å²) in [6, 6.07) is 17.7. The second-order valence-corrected chi connectivity index (χ2v) is 7.83. The molecule has 7 heteroatoms. The molecule has 0 aromatic heterocycles. The Morgan fingerprint density at radius 1 is 0.964 bits per heavy atom. The lowest BCUT2D eigenvalue weighted by Crippen LogP contribution is -2.34. The van der Waals surface area contributed by atoms with E-state index in [4.69, 9.17) is 17.0 Å². The molecule has 0 fully saturated rings. The Morgan fingerprint density at radius 2 is 1.68 bits per heavy atom. The van der Waals surface area contributed by atoms with Crippen LogP contribution >= 0.6 is 34.8 Å². The van der Waals surface area contributed by atoms with Crippen LogP contribution in [0.4, 0.5) is 5.69 Å². The minimum atomic E-state index is -0.277. The Morgan fingerprint density at radius 3 is 2.39 bits per heavy atom. The summed E-state index contributed by atoms with van der Waals surface area (Å²) >= 11 is 7.34. The van der Waals surface area contributed by atoms with Gasteiger partial charge in [-0.15, -0.1) is 0 Å². The number of hydrogen-bond donors (Lipinski definition) is 2. The molecule has 2 rings (SSSR count). The molecule has 0 bridgehead atoms. The SMILES string of the molecule is O=C(CCCC(=O)OCCCc1ccccc1)NC(=S)Nc1ccc(I)cc1. The summed E-state index contributed by atoms with van der Waals surface area (Å²) in [6.07, 6.45) is 2.52. The van der Waals surface area contributed by atoms with Gasteiger partial charge in [-0.1, -0.05) is 30.3 Å². The molecule has 2 N–H and O–H groups in total. The quantitative estimate of drug-likeness (QED) is 0.226. The predicted octanol–water partition coefficient (Wildman–Crippen LogP) is 4.45. The number of ether oxygens (including phenoxy) is 1. The first-order valence-electron chi connectivity index (χ1n) is 9.09. The van der Waals surface area contributed by atoms with Gasteiger partial charge in [0.25, 0.3) is 0 Å². The number of carbonyl (C=O) groups is 2. The topological polar surface area (TPSA) is 67.4 Å². The number of halogens is 1. The van der Waals surface area contributed by atoms with Gasteiger partial charge in [0.2, 0.25) is 5.91 Å². The standard InChI is InChI=1S/C21H23IN2O3S/c22-17-11-13-18(14-12-17)23-21(28)24-19(25)9-4-10-20(26)27-15-5-8-16-6-2-1-3-7-16/h1-3,6-7,11-14H,4-5,8-10,15H2,(H2,23,24,25,28). The number of nitrogens with one attached hydrogen (secondary N) is 2. The van der Waals surface area contributed by atoms with Gasteiger partial charge in [0.05, 0.1) is 6.61 Å². The van der Waals surface area contributed by atoms with Crippen molar-refractivity contribution in [1.29, 1.82) is 0 Å². The minimum absolute atomic E-state index is 0.216. The van der Waals surface area contributed by atoms with Crippen molar-refractivity contribution in [3.8, 4) is 0 Å². The van der Waals surface area contributed by atoms with Gasteiger partial charge in [-0.25, -0.2) is 0 Å². The zero-order valence-corrected chi connectivity index (χ0v) is 18.4. The van der Waals surface area contributed by atoms with E-state index in [1.54, 1.807) is 0 Å². The van der Waals surface area contributed by atoms with Gasteiger partial charge in [-0.2, -0.15) is 0 Å². The zero-order valence-electron chi connectivity index (χ0n) is 15.4. The third-order valence-electron chi connectivity index (χ3n) is 3.86. The van der Waals surface area contributed by atoms with Gasteiger partial charge in [0.15, 0.2) is 5.11 Å². The molecule has 2 aromatic rings. The van der Waals surface area contributed by atoms with Crippen LogP contribution in [0.1, 0.15) is 31.2 Å². The molecule has 0 heterocycles. The molecule has 5 nitrogen and oxygen atoms in total. The molecule has 0 saturated carbocycles. The molecular formula is C21H23IN2O3S. The van der Waals surface area contributed by atoms with Gasteiger partial charge in [-0.05, 0) is 83.9 Å². The molecule has 148 valence electrons. The molecule has 0 aliphatic heterocycles. The Balaban J connectivity index is 1.54. The highest BCUT2D eigenvalue weighted by atomic mass is 127. The Kier molecular flexibility index (Phi) is 9.92. The summed E-state index contributed by atoms with van der Waals surface area (Å²) < 4.78 is 6.32. The molecule has 0 atom stereocenters. The predicted molar refractivity (Wildman–Crippen MR) is 123 cm³/mol. The Hall–Kier alpha value is -2.00. The van der Waals surface area contributed by atoms with Crippen molar-refractivity contribution in [1.82, 2.24) is 5.32 Å². The first kappa shape index (κ1) is 22.3. The molecule has 2 aromatic carbocycles. The summed E-state index contributed by atoms with van der Waals surface area (Å²) in [6.45, 7) is 0.393. The maximum atomic E-state index is 11.9. The van der Waals surface area contributed by atoms with Crippen molar-refractivity contribution in [2.24, 2.45) is 0 Å². The third kappa shape index (κ3) is 9.27. The molecule has 0 spiro atoms. The number of esters is 1. The summed E-state index contributed by atoms with van der Waals surface area (Å²) in [4.78, 5) is 23.6. The number of amides is 1. The van der Waals surface area contributed by atoms with E-state index in [2.05, 4.69) is 45.4 Å². The Labute approximate surface area is 184 Å². The van der Waals surface area contributed by atoms with Crippen LogP contribution in [0.5, 0.6) is 0 Å². The van der Waals surface area contributed by atoms with Crippen LogP contribution in [0.3, 0.4) is 0 Å². The van der Waals surface area contributed by atoms with E-state index in [9.17, 15) is 9.59 Å². The number of hydrogen-bond acceptors (Lipinski definition) is 4. The normalized spacial score (nSPS) is 10.2. The van der Waals surface area contributed by atoms with Crippen molar-refractivity contribution in [2.75, 3.05) is 11.9 Å². The fourth-order valence-electron chi connectivity index (χ4n) is 2.46. The maximum absolute atomic E-state index is 11.9. The van der Waals surface area contributed by atoms with Crippen molar-refractivity contribution in [3.63, 3.8) is 0 Å². The highest BCUT2D eigenvalue weighted by Crippen LogP contribution is 2.11. The lowest BCUT2D eigenvalue weighted by molar-refractivity contribution is -0.143. The fourth-order valence-corrected chi connectivity index (χ4v) is 3.05. The number of aryl methyl sites for hydroxylation is 1. The smallest absolute Gasteiger partial charge is 0.305 e. The second kappa shape index (κ2) is 12.5. The minimum Gasteiger partial charge on any atom is -0.466 e. The zero-order chi connectivity index (χ0) is 20.2. The van der Waals surface area contributed by atoms with E-state index in [1.807, 2.05) is 42.5 Å². The summed E-state index contributed by atoms with van der Waals surface area (Å²) in [5, 5.41) is 5.81. The molecule has 28 heavy (non-hydrogen) atoms. The van der Waals surface area contributed by atoms with Crippen LogP contribution in [-0.2, 0) is 20.7 Å². The van der Waals surface area contributed by atoms with Gasteiger partial charge in [0.1, 0.15) is 0 Å². The van der Waals surface area contributed by atoms with E-state index in [-0.39, 0.29) is 29.8 Å². The van der Waals surface area contributed by atoms with E-state index >= 15 is 0 Å². The second-order valence-electron chi connectivity index (χ2n) is 6.17.